The van der Waals surface area contributed by atoms with E-state index in [1.54, 1.807) is 0 Å². The highest BCUT2D eigenvalue weighted by molar-refractivity contribution is 7.81. The normalized spacial score (nSPS) is 10.8. The molecule has 3 heteroatoms. The lowest BCUT2D eigenvalue weighted by molar-refractivity contribution is 0.321. The Morgan fingerprint density at radius 2 is 1.56 bits per heavy atom. The third-order valence-electron chi connectivity index (χ3n) is 3.76. The third kappa shape index (κ3) is 5.43. The first-order chi connectivity index (χ1) is 12.2. The third-order valence-corrected chi connectivity index (χ3v) is 4.13. The van der Waals surface area contributed by atoms with Crippen molar-refractivity contribution in [3.8, 4) is 11.5 Å². The lowest BCUT2D eigenvalue weighted by Crippen LogP contribution is -2.01. The minimum atomic E-state index is 0.616. The van der Waals surface area contributed by atoms with E-state index < -0.39 is 0 Å². The van der Waals surface area contributed by atoms with Gasteiger partial charge in [0.1, 0.15) is 11.5 Å². The number of benzene rings is 2. The molecule has 0 atom stereocenters. The van der Waals surface area contributed by atoms with E-state index in [-0.39, 0.29) is 0 Å². The minimum absolute atomic E-state index is 0.616. The van der Waals surface area contributed by atoms with Crippen molar-refractivity contribution in [3.63, 3.8) is 0 Å². The molecule has 0 aliphatic rings. The summed E-state index contributed by atoms with van der Waals surface area (Å²) < 4.78 is 11.7. The molecule has 0 amide bonds. The van der Waals surface area contributed by atoms with Crippen LogP contribution in [-0.2, 0) is 6.42 Å². The molecule has 0 aliphatic heterocycles. The van der Waals surface area contributed by atoms with Crippen LogP contribution < -0.4 is 9.47 Å². The number of rotatable bonds is 9. The monoisotopic (exact) mass is 354 g/mol. The summed E-state index contributed by atoms with van der Waals surface area (Å²) in [5.41, 5.74) is 3.21. The van der Waals surface area contributed by atoms with Gasteiger partial charge in [-0.1, -0.05) is 55.9 Å². The van der Waals surface area contributed by atoms with Gasteiger partial charge in [0, 0.05) is 4.86 Å². The second kappa shape index (κ2) is 10.00. The van der Waals surface area contributed by atoms with E-state index in [9.17, 15) is 0 Å². The van der Waals surface area contributed by atoms with Crippen LogP contribution in [0.3, 0.4) is 0 Å². The summed E-state index contributed by atoms with van der Waals surface area (Å²) in [4.78, 5) is 0.795. The average Bonchev–Trinajstić information content (AvgIpc) is 2.62. The van der Waals surface area contributed by atoms with Gasteiger partial charge in [-0.3, -0.25) is 0 Å². The predicted molar refractivity (Wildman–Crippen MR) is 110 cm³/mol. The number of allylic oxidation sites excluding steroid dienone is 1. The highest BCUT2D eigenvalue weighted by Crippen LogP contribution is 2.33. The Hall–Kier alpha value is -2.13. The molecule has 0 spiro atoms. The smallest absolute Gasteiger partial charge is 0.130 e. The molecule has 132 valence electrons. The molecule has 0 aliphatic carbocycles. The van der Waals surface area contributed by atoms with Crippen LogP contribution in [-0.4, -0.2) is 18.1 Å². The zero-order valence-electron chi connectivity index (χ0n) is 15.2. The van der Waals surface area contributed by atoms with Crippen LogP contribution in [0, 0.1) is 0 Å². The van der Waals surface area contributed by atoms with Crippen LogP contribution in [0.1, 0.15) is 43.9 Å². The van der Waals surface area contributed by atoms with Crippen molar-refractivity contribution in [1.29, 1.82) is 0 Å². The van der Waals surface area contributed by atoms with Crippen LogP contribution in [0.15, 0.2) is 48.5 Å². The topological polar surface area (TPSA) is 18.5 Å². The molecular formula is C22H26O2S. The molecule has 2 rings (SSSR count). The average molecular weight is 355 g/mol. The maximum atomic E-state index is 5.87. The molecule has 0 saturated carbocycles. The number of hydrogen-bond donors (Lipinski definition) is 0. The molecule has 0 fully saturated rings. The zero-order chi connectivity index (χ0) is 18.1. The predicted octanol–water partition coefficient (Wildman–Crippen LogP) is 5.87. The molecular weight excluding hydrogens is 328 g/mol. The van der Waals surface area contributed by atoms with Crippen molar-refractivity contribution in [2.45, 2.75) is 33.6 Å². The first-order valence-corrected chi connectivity index (χ1v) is 9.30. The van der Waals surface area contributed by atoms with E-state index in [1.807, 2.05) is 56.3 Å². The van der Waals surface area contributed by atoms with Crippen LogP contribution in [0.2, 0.25) is 0 Å². The highest BCUT2D eigenvalue weighted by atomic mass is 32.1. The number of ether oxygens (including phenoxy) is 2. The Labute approximate surface area is 156 Å². The molecule has 0 unspecified atom stereocenters. The number of aryl methyl sites for hydroxylation is 1. The molecule has 0 heterocycles. The van der Waals surface area contributed by atoms with Crippen LogP contribution in [0.4, 0.5) is 0 Å². The van der Waals surface area contributed by atoms with Crippen LogP contribution in [0.5, 0.6) is 11.5 Å². The minimum Gasteiger partial charge on any atom is -0.493 e. The van der Waals surface area contributed by atoms with E-state index in [2.05, 4.69) is 19.1 Å². The second-order valence-corrected chi connectivity index (χ2v) is 6.13. The van der Waals surface area contributed by atoms with Gasteiger partial charge >= 0.3 is 0 Å². The Kier molecular flexibility index (Phi) is 7.68. The quantitative estimate of drug-likeness (QED) is 0.319. The summed E-state index contributed by atoms with van der Waals surface area (Å²) in [6.45, 7) is 7.40. The van der Waals surface area contributed by atoms with Gasteiger partial charge in [0.25, 0.3) is 0 Å². The maximum absolute atomic E-state index is 5.87. The fourth-order valence-corrected chi connectivity index (χ4v) is 2.86. The first kappa shape index (κ1) is 19.2. The fourth-order valence-electron chi connectivity index (χ4n) is 2.66. The molecule has 2 nitrogen and oxygen atoms in total. The second-order valence-electron chi connectivity index (χ2n) is 5.69. The molecule has 0 aromatic heterocycles. The van der Waals surface area contributed by atoms with Crippen molar-refractivity contribution >= 4 is 23.2 Å². The summed E-state index contributed by atoms with van der Waals surface area (Å²) in [5.74, 6) is 1.70. The Morgan fingerprint density at radius 1 is 0.960 bits per heavy atom. The maximum Gasteiger partial charge on any atom is 0.130 e. The van der Waals surface area contributed by atoms with Crippen LogP contribution >= 0.6 is 12.2 Å². The van der Waals surface area contributed by atoms with Gasteiger partial charge in [0.05, 0.1) is 18.8 Å². The Morgan fingerprint density at radius 3 is 2.08 bits per heavy atom. The Bertz CT molecular complexity index is 693. The van der Waals surface area contributed by atoms with Gasteiger partial charge in [0.15, 0.2) is 0 Å². The summed E-state index contributed by atoms with van der Waals surface area (Å²) in [6.07, 6.45) is 6.04. The Balaban J connectivity index is 2.39. The van der Waals surface area contributed by atoms with Crippen molar-refractivity contribution in [3.05, 3.63) is 65.2 Å². The van der Waals surface area contributed by atoms with Gasteiger partial charge < -0.3 is 9.47 Å². The molecule has 0 radical (unpaired) electrons. The van der Waals surface area contributed by atoms with E-state index in [0.29, 0.717) is 13.2 Å². The standard InChI is InChI=1S/C22H26O2S/c1-4-10-17-15-20(23-5-2)19(21(16-17)24-6-3)13-14-22(25)18-11-8-7-9-12-18/h7-9,11-16H,4-6,10H2,1-3H3. The largest absolute Gasteiger partial charge is 0.493 e. The SMILES string of the molecule is CCCc1cc(OCC)c(C=CC(=S)c2ccccc2)c(OCC)c1. The van der Waals surface area contributed by atoms with Gasteiger partial charge in [0.2, 0.25) is 0 Å². The summed E-state index contributed by atoms with van der Waals surface area (Å²) in [5, 5.41) is 0. The lowest BCUT2D eigenvalue weighted by Gasteiger charge is -2.15. The van der Waals surface area contributed by atoms with Crippen molar-refractivity contribution in [2.75, 3.05) is 13.2 Å². The molecule has 2 aromatic carbocycles. The van der Waals surface area contributed by atoms with Gasteiger partial charge in [-0.05, 0) is 55.7 Å². The molecule has 0 N–H and O–H groups in total. The molecule has 0 saturated heterocycles. The zero-order valence-corrected chi connectivity index (χ0v) is 16.1. The summed E-state index contributed by atoms with van der Waals surface area (Å²) >= 11 is 5.53. The highest BCUT2D eigenvalue weighted by Gasteiger charge is 2.11. The van der Waals surface area contributed by atoms with Crippen molar-refractivity contribution in [2.24, 2.45) is 0 Å². The molecule has 0 bridgehead atoms. The molecule has 25 heavy (non-hydrogen) atoms. The van der Waals surface area contributed by atoms with Gasteiger partial charge in [-0.25, -0.2) is 0 Å². The van der Waals surface area contributed by atoms with E-state index in [1.165, 1.54) is 5.56 Å². The summed E-state index contributed by atoms with van der Waals surface area (Å²) in [6, 6.07) is 14.2. The van der Waals surface area contributed by atoms with E-state index in [4.69, 9.17) is 21.7 Å². The number of hydrogen-bond acceptors (Lipinski definition) is 3. The van der Waals surface area contributed by atoms with Gasteiger partial charge in [-0.2, -0.15) is 0 Å². The fraction of sp³-hybridized carbons (Fsp3) is 0.318. The number of thiocarbonyl (C=S) groups is 1. The lowest BCUT2D eigenvalue weighted by atomic mass is 10.0. The van der Waals surface area contributed by atoms with Crippen LogP contribution in [0.25, 0.3) is 6.08 Å². The van der Waals surface area contributed by atoms with Crippen molar-refractivity contribution < 1.29 is 9.47 Å². The van der Waals surface area contributed by atoms with E-state index in [0.717, 1.165) is 40.3 Å². The van der Waals surface area contributed by atoms with E-state index >= 15 is 0 Å². The van der Waals surface area contributed by atoms with Gasteiger partial charge in [-0.15, -0.1) is 0 Å². The first-order valence-electron chi connectivity index (χ1n) is 8.89. The summed E-state index contributed by atoms with van der Waals surface area (Å²) in [7, 11) is 0. The van der Waals surface area contributed by atoms with Crippen molar-refractivity contribution in [1.82, 2.24) is 0 Å². The molecule has 2 aromatic rings.